The maximum atomic E-state index is 13.4. The molecule has 182 valence electrons. The van der Waals surface area contributed by atoms with Crippen LogP contribution in [0.3, 0.4) is 0 Å². The summed E-state index contributed by atoms with van der Waals surface area (Å²) in [5.41, 5.74) is 1.46. The minimum absolute atomic E-state index is 0.0783. The van der Waals surface area contributed by atoms with Gasteiger partial charge in [-0.15, -0.1) is 0 Å². The first-order chi connectivity index (χ1) is 16.2. The lowest BCUT2D eigenvalue weighted by atomic mass is 9.71. The highest BCUT2D eigenvalue weighted by Gasteiger charge is 2.41. The minimum Gasteiger partial charge on any atom is -0.491 e. The SMILES string of the molecule is CC1(C)c2cc(OCC(O)[C@H](O)CO)ccc2C(=O)c2c1oc1cc(OCC(O)CO)ccc21. The third-order valence-electron chi connectivity index (χ3n) is 6.07. The van der Waals surface area contributed by atoms with Crippen molar-refractivity contribution in [3.05, 3.63) is 58.8 Å². The van der Waals surface area contributed by atoms with Crippen LogP contribution in [0, 0.1) is 0 Å². The highest BCUT2D eigenvalue weighted by Crippen LogP contribution is 2.46. The highest BCUT2D eigenvalue weighted by molar-refractivity contribution is 6.19. The van der Waals surface area contributed by atoms with Crippen molar-refractivity contribution in [1.82, 2.24) is 0 Å². The zero-order valence-electron chi connectivity index (χ0n) is 18.9. The highest BCUT2D eigenvalue weighted by atomic mass is 16.5. The lowest BCUT2D eigenvalue weighted by Gasteiger charge is -2.31. The summed E-state index contributed by atoms with van der Waals surface area (Å²) in [6, 6.07) is 10.1. The average Bonchev–Trinajstić information content (AvgIpc) is 3.24. The Morgan fingerprint density at radius 2 is 1.59 bits per heavy atom. The van der Waals surface area contributed by atoms with Crippen molar-refractivity contribution in [2.24, 2.45) is 0 Å². The van der Waals surface area contributed by atoms with Crippen LogP contribution in [0.4, 0.5) is 0 Å². The van der Waals surface area contributed by atoms with Crippen LogP contribution >= 0.6 is 0 Å². The molecule has 0 spiro atoms. The van der Waals surface area contributed by atoms with Crippen LogP contribution < -0.4 is 9.47 Å². The summed E-state index contributed by atoms with van der Waals surface area (Å²) in [5, 5.41) is 47.4. The van der Waals surface area contributed by atoms with E-state index in [9.17, 15) is 20.1 Å². The summed E-state index contributed by atoms with van der Waals surface area (Å²) >= 11 is 0. The van der Waals surface area contributed by atoms with Crippen molar-refractivity contribution in [3.8, 4) is 11.5 Å². The Labute approximate surface area is 195 Å². The minimum atomic E-state index is -1.31. The number of hydrogen-bond donors (Lipinski definition) is 5. The van der Waals surface area contributed by atoms with E-state index in [2.05, 4.69) is 0 Å². The largest absolute Gasteiger partial charge is 0.491 e. The molecule has 2 unspecified atom stereocenters. The van der Waals surface area contributed by atoms with E-state index in [0.29, 0.717) is 44.9 Å². The molecule has 5 N–H and O–H groups in total. The van der Waals surface area contributed by atoms with E-state index in [0.717, 1.165) is 0 Å². The Morgan fingerprint density at radius 1 is 0.912 bits per heavy atom. The van der Waals surface area contributed by atoms with Crippen molar-refractivity contribution in [2.75, 3.05) is 26.4 Å². The molecule has 3 atom stereocenters. The summed E-state index contributed by atoms with van der Waals surface area (Å²) in [6.07, 6.45) is -3.57. The second kappa shape index (κ2) is 9.36. The Kier molecular flexibility index (Phi) is 6.66. The van der Waals surface area contributed by atoms with Gasteiger partial charge in [0.25, 0.3) is 0 Å². The van der Waals surface area contributed by atoms with Gasteiger partial charge < -0.3 is 39.4 Å². The topological polar surface area (TPSA) is 150 Å². The van der Waals surface area contributed by atoms with Gasteiger partial charge in [0, 0.05) is 22.4 Å². The fourth-order valence-electron chi connectivity index (χ4n) is 4.08. The number of rotatable bonds is 9. The standard InChI is InChI=1S/C25H28O9/c1-25(2)18-7-14(33-12-20(30)19(29)10-27)3-5-16(18)23(31)22-17-6-4-15(32-11-13(28)9-26)8-21(17)34-24(22)25/h3-8,13,19-20,26-30H,9-12H2,1-2H3/t13?,19-,20?/m1/s1. The van der Waals surface area contributed by atoms with Crippen molar-refractivity contribution in [2.45, 2.75) is 37.6 Å². The van der Waals surface area contributed by atoms with Gasteiger partial charge in [0.05, 0.1) is 18.8 Å². The third kappa shape index (κ3) is 4.28. The Morgan fingerprint density at radius 3 is 2.29 bits per heavy atom. The maximum Gasteiger partial charge on any atom is 0.197 e. The fraction of sp³-hybridized carbons (Fsp3) is 0.400. The van der Waals surface area contributed by atoms with E-state index in [1.807, 2.05) is 13.8 Å². The molecule has 0 fully saturated rings. The molecule has 1 aliphatic rings. The Bertz CT molecular complexity index is 1200. The zero-order valence-corrected chi connectivity index (χ0v) is 18.9. The Hall–Kier alpha value is -2.95. The monoisotopic (exact) mass is 472 g/mol. The van der Waals surface area contributed by atoms with Crippen LogP contribution in [0.15, 0.2) is 40.8 Å². The first-order valence-electron chi connectivity index (χ1n) is 10.9. The number of benzene rings is 2. The second-order valence-corrected chi connectivity index (χ2v) is 8.90. The molecule has 1 aliphatic carbocycles. The van der Waals surface area contributed by atoms with Gasteiger partial charge in [0.15, 0.2) is 5.78 Å². The second-order valence-electron chi connectivity index (χ2n) is 8.90. The number of ether oxygens (including phenoxy) is 2. The molecule has 34 heavy (non-hydrogen) atoms. The summed E-state index contributed by atoms with van der Waals surface area (Å²) < 4.78 is 17.2. The fourth-order valence-corrected chi connectivity index (χ4v) is 4.08. The Balaban J connectivity index is 1.66. The number of hydrogen-bond acceptors (Lipinski definition) is 9. The average molecular weight is 472 g/mol. The van der Waals surface area contributed by atoms with Gasteiger partial charge in [-0.2, -0.15) is 0 Å². The van der Waals surface area contributed by atoms with Crippen molar-refractivity contribution in [3.63, 3.8) is 0 Å². The molecule has 0 bridgehead atoms. The molecule has 0 saturated carbocycles. The maximum absolute atomic E-state index is 13.4. The van der Waals surface area contributed by atoms with E-state index in [-0.39, 0.29) is 19.0 Å². The van der Waals surface area contributed by atoms with E-state index in [4.69, 9.17) is 24.1 Å². The van der Waals surface area contributed by atoms with Gasteiger partial charge in [-0.25, -0.2) is 0 Å². The van der Waals surface area contributed by atoms with Gasteiger partial charge in [0.2, 0.25) is 0 Å². The third-order valence-corrected chi connectivity index (χ3v) is 6.07. The predicted octanol–water partition coefficient (Wildman–Crippen LogP) is 1.13. The molecule has 0 aliphatic heterocycles. The van der Waals surface area contributed by atoms with Crippen LogP contribution in [0.2, 0.25) is 0 Å². The molecule has 9 nitrogen and oxygen atoms in total. The summed E-state index contributed by atoms with van der Waals surface area (Å²) in [4.78, 5) is 13.4. The normalized spacial score (nSPS) is 17.1. The van der Waals surface area contributed by atoms with Crippen molar-refractivity contribution in [1.29, 1.82) is 0 Å². The lowest BCUT2D eigenvalue weighted by Crippen LogP contribution is -2.34. The number of carbonyl (C=O) groups is 1. The molecule has 9 heteroatoms. The molecular formula is C25H28O9. The first kappa shape index (κ1) is 24.2. The summed E-state index contributed by atoms with van der Waals surface area (Å²) in [5.74, 6) is 1.16. The number of aliphatic hydroxyl groups is 5. The van der Waals surface area contributed by atoms with Gasteiger partial charge >= 0.3 is 0 Å². The molecule has 4 rings (SSSR count). The molecule has 2 aromatic carbocycles. The molecule has 0 saturated heterocycles. The number of aliphatic hydroxyl groups excluding tert-OH is 5. The smallest absolute Gasteiger partial charge is 0.197 e. The molecule has 1 aromatic heterocycles. The number of furan rings is 1. The summed E-state index contributed by atoms with van der Waals surface area (Å²) in [6.45, 7) is 2.57. The van der Waals surface area contributed by atoms with Gasteiger partial charge in [-0.1, -0.05) is 0 Å². The van der Waals surface area contributed by atoms with Crippen LogP contribution in [0.1, 0.15) is 41.1 Å². The quantitative estimate of drug-likeness (QED) is 0.309. The van der Waals surface area contributed by atoms with E-state index >= 15 is 0 Å². The molecular weight excluding hydrogens is 444 g/mol. The van der Waals surface area contributed by atoms with E-state index in [1.165, 1.54) is 0 Å². The lowest BCUT2D eigenvalue weighted by molar-refractivity contribution is -0.0339. The molecule has 0 radical (unpaired) electrons. The van der Waals surface area contributed by atoms with Gasteiger partial charge in [0.1, 0.15) is 54.4 Å². The van der Waals surface area contributed by atoms with Crippen LogP contribution in [0.5, 0.6) is 11.5 Å². The van der Waals surface area contributed by atoms with Gasteiger partial charge in [-0.05, 0) is 49.7 Å². The summed E-state index contributed by atoms with van der Waals surface area (Å²) in [7, 11) is 0. The van der Waals surface area contributed by atoms with Crippen LogP contribution in [-0.2, 0) is 5.41 Å². The molecule has 1 heterocycles. The number of carbonyl (C=O) groups excluding carboxylic acids is 1. The van der Waals surface area contributed by atoms with Crippen LogP contribution in [-0.4, -0.2) is 76.1 Å². The van der Waals surface area contributed by atoms with E-state index < -0.39 is 36.9 Å². The predicted molar refractivity (Wildman–Crippen MR) is 121 cm³/mol. The van der Waals surface area contributed by atoms with Crippen LogP contribution in [0.25, 0.3) is 11.0 Å². The number of ketones is 1. The van der Waals surface area contributed by atoms with Crippen molar-refractivity contribution >= 4 is 16.8 Å². The number of fused-ring (bicyclic) bond motifs is 4. The van der Waals surface area contributed by atoms with E-state index in [1.54, 1.807) is 36.4 Å². The van der Waals surface area contributed by atoms with Gasteiger partial charge in [-0.3, -0.25) is 4.79 Å². The van der Waals surface area contributed by atoms with Crippen molar-refractivity contribution < 1.29 is 44.2 Å². The zero-order chi connectivity index (χ0) is 24.6. The molecule has 3 aromatic rings. The first-order valence-corrected chi connectivity index (χ1v) is 10.9. The molecule has 0 amide bonds.